The van der Waals surface area contributed by atoms with Crippen molar-refractivity contribution in [2.75, 3.05) is 26.9 Å². The zero-order valence-electron chi connectivity index (χ0n) is 7.89. The number of hydrogen-bond donors (Lipinski definition) is 0. The zero-order valence-corrected chi connectivity index (χ0v) is 7.89. The number of rotatable bonds is 7. The van der Waals surface area contributed by atoms with Gasteiger partial charge in [-0.2, -0.15) is 13.2 Å². The van der Waals surface area contributed by atoms with Crippen molar-refractivity contribution in [3.8, 4) is 0 Å². The van der Waals surface area contributed by atoms with Crippen molar-refractivity contribution in [1.29, 1.82) is 0 Å². The van der Waals surface area contributed by atoms with Gasteiger partial charge in [-0.1, -0.05) is 0 Å². The van der Waals surface area contributed by atoms with E-state index < -0.39 is 12.6 Å². The molecule has 0 heterocycles. The molecule has 0 aromatic rings. The number of methoxy groups -OCH3 is 1. The maximum Gasteiger partial charge on any atom is 0.389 e. The highest BCUT2D eigenvalue weighted by atomic mass is 19.4. The molecule has 84 valence electrons. The SMILES string of the molecule is COCC(=O)COCCCC(F)(F)F. The number of carbonyl (C=O) groups excluding carboxylic acids is 1. The highest BCUT2D eigenvalue weighted by molar-refractivity contribution is 5.80. The molecule has 0 aliphatic heterocycles. The molecule has 0 rings (SSSR count). The Balaban J connectivity index is 3.26. The van der Waals surface area contributed by atoms with E-state index in [9.17, 15) is 18.0 Å². The Morgan fingerprint density at radius 2 is 1.93 bits per heavy atom. The molecule has 0 aromatic carbocycles. The summed E-state index contributed by atoms with van der Waals surface area (Å²) < 4.78 is 44.1. The van der Waals surface area contributed by atoms with E-state index in [1.165, 1.54) is 7.11 Å². The zero-order chi connectivity index (χ0) is 11.0. The van der Waals surface area contributed by atoms with Crippen molar-refractivity contribution in [3.63, 3.8) is 0 Å². The number of ketones is 1. The Hall–Kier alpha value is -0.620. The van der Waals surface area contributed by atoms with Crippen LogP contribution in [0.25, 0.3) is 0 Å². The number of hydrogen-bond acceptors (Lipinski definition) is 3. The smallest absolute Gasteiger partial charge is 0.377 e. The lowest BCUT2D eigenvalue weighted by molar-refractivity contribution is -0.138. The maximum atomic E-state index is 11.6. The average molecular weight is 214 g/mol. The predicted octanol–water partition coefficient (Wildman–Crippen LogP) is 1.56. The van der Waals surface area contributed by atoms with Crippen molar-refractivity contribution in [1.82, 2.24) is 0 Å². The third-order valence-electron chi connectivity index (χ3n) is 1.32. The summed E-state index contributed by atoms with van der Waals surface area (Å²) in [6, 6.07) is 0. The highest BCUT2D eigenvalue weighted by Gasteiger charge is 2.25. The molecule has 0 unspecified atom stereocenters. The van der Waals surface area contributed by atoms with Crippen LogP contribution in [-0.4, -0.2) is 38.9 Å². The molecule has 0 aromatic heterocycles. The first kappa shape index (κ1) is 13.4. The molecule has 0 aliphatic carbocycles. The standard InChI is InChI=1S/C8H13F3O3/c1-13-5-7(12)6-14-4-2-3-8(9,10)11/h2-6H2,1H3. The summed E-state index contributed by atoms with van der Waals surface area (Å²) >= 11 is 0. The lowest BCUT2D eigenvalue weighted by Crippen LogP contribution is -2.15. The molecule has 6 heteroatoms. The topological polar surface area (TPSA) is 35.5 Å². The van der Waals surface area contributed by atoms with Crippen LogP contribution in [0.2, 0.25) is 0 Å². The fourth-order valence-electron chi connectivity index (χ4n) is 0.763. The summed E-state index contributed by atoms with van der Waals surface area (Å²) in [5, 5.41) is 0. The minimum Gasteiger partial charge on any atom is -0.377 e. The van der Waals surface area contributed by atoms with Crippen molar-refractivity contribution in [2.24, 2.45) is 0 Å². The molecule has 0 amide bonds. The summed E-state index contributed by atoms with van der Waals surface area (Å²) in [6.45, 7) is -0.320. The summed E-state index contributed by atoms with van der Waals surface area (Å²) in [5.74, 6) is -0.278. The lowest BCUT2D eigenvalue weighted by Gasteiger charge is -2.06. The molecule has 0 aliphatic rings. The van der Waals surface area contributed by atoms with Gasteiger partial charge in [0.1, 0.15) is 13.2 Å². The number of alkyl halides is 3. The highest BCUT2D eigenvalue weighted by Crippen LogP contribution is 2.20. The van der Waals surface area contributed by atoms with Gasteiger partial charge in [0.15, 0.2) is 5.78 Å². The fourth-order valence-corrected chi connectivity index (χ4v) is 0.763. The van der Waals surface area contributed by atoms with Gasteiger partial charge in [-0.05, 0) is 6.42 Å². The van der Waals surface area contributed by atoms with E-state index in [4.69, 9.17) is 4.74 Å². The van der Waals surface area contributed by atoms with Gasteiger partial charge in [-0.3, -0.25) is 4.79 Å². The largest absolute Gasteiger partial charge is 0.389 e. The summed E-state index contributed by atoms with van der Waals surface area (Å²) in [5.41, 5.74) is 0. The van der Waals surface area contributed by atoms with Crippen LogP contribution in [0.1, 0.15) is 12.8 Å². The van der Waals surface area contributed by atoms with Gasteiger partial charge < -0.3 is 9.47 Å². The van der Waals surface area contributed by atoms with Gasteiger partial charge >= 0.3 is 6.18 Å². The first-order valence-corrected chi connectivity index (χ1v) is 4.11. The van der Waals surface area contributed by atoms with E-state index in [1.807, 2.05) is 0 Å². The van der Waals surface area contributed by atoms with Crippen LogP contribution in [0.15, 0.2) is 0 Å². The van der Waals surface area contributed by atoms with E-state index in [2.05, 4.69) is 4.74 Å². The lowest BCUT2D eigenvalue weighted by atomic mass is 10.3. The van der Waals surface area contributed by atoms with Crippen LogP contribution in [0, 0.1) is 0 Å². The van der Waals surface area contributed by atoms with Crippen LogP contribution in [0.4, 0.5) is 13.2 Å². The van der Waals surface area contributed by atoms with Gasteiger partial charge in [0.25, 0.3) is 0 Å². The minimum absolute atomic E-state index is 0.0606. The Bertz CT molecular complexity index is 168. The van der Waals surface area contributed by atoms with Crippen LogP contribution >= 0.6 is 0 Å². The average Bonchev–Trinajstić information content (AvgIpc) is 2.02. The van der Waals surface area contributed by atoms with Gasteiger partial charge in [-0.15, -0.1) is 0 Å². The molecule has 3 nitrogen and oxygen atoms in total. The van der Waals surface area contributed by atoms with Crippen LogP contribution in [0.3, 0.4) is 0 Å². The molecular weight excluding hydrogens is 201 g/mol. The Kier molecular flexibility index (Phi) is 6.48. The second kappa shape index (κ2) is 6.78. The summed E-state index contributed by atoms with van der Waals surface area (Å²) in [6.07, 6.45) is -5.16. The quantitative estimate of drug-likeness (QED) is 0.603. The molecule has 0 bridgehead atoms. The molecule has 0 saturated heterocycles. The molecule has 0 saturated carbocycles. The Morgan fingerprint density at radius 1 is 1.29 bits per heavy atom. The minimum atomic E-state index is -4.15. The molecule has 14 heavy (non-hydrogen) atoms. The van der Waals surface area contributed by atoms with E-state index in [-0.39, 0.29) is 32.0 Å². The number of carbonyl (C=O) groups is 1. The Morgan fingerprint density at radius 3 is 2.43 bits per heavy atom. The van der Waals surface area contributed by atoms with Crippen LogP contribution in [-0.2, 0) is 14.3 Å². The number of halogens is 3. The van der Waals surface area contributed by atoms with E-state index in [0.717, 1.165) is 0 Å². The molecule has 0 spiro atoms. The van der Waals surface area contributed by atoms with Crippen LogP contribution in [0.5, 0.6) is 0 Å². The van der Waals surface area contributed by atoms with Crippen molar-refractivity contribution in [3.05, 3.63) is 0 Å². The normalized spacial score (nSPS) is 11.7. The first-order chi connectivity index (χ1) is 6.45. The second-order valence-electron chi connectivity index (χ2n) is 2.74. The predicted molar refractivity (Wildman–Crippen MR) is 43.0 cm³/mol. The summed E-state index contributed by atoms with van der Waals surface area (Å²) in [4.78, 5) is 10.7. The fraction of sp³-hybridized carbons (Fsp3) is 0.875. The van der Waals surface area contributed by atoms with Gasteiger partial charge in [0.2, 0.25) is 0 Å². The molecule has 0 fully saturated rings. The van der Waals surface area contributed by atoms with E-state index >= 15 is 0 Å². The Labute approximate surface area is 80.2 Å². The third kappa shape index (κ3) is 9.47. The van der Waals surface area contributed by atoms with Gasteiger partial charge in [0.05, 0.1) is 0 Å². The van der Waals surface area contributed by atoms with Gasteiger partial charge in [0, 0.05) is 20.1 Å². The molecule has 0 atom stereocenters. The second-order valence-corrected chi connectivity index (χ2v) is 2.74. The molecule has 0 N–H and O–H groups in total. The number of ether oxygens (including phenoxy) is 2. The van der Waals surface area contributed by atoms with Crippen molar-refractivity contribution in [2.45, 2.75) is 19.0 Å². The van der Waals surface area contributed by atoms with Crippen molar-refractivity contribution < 1.29 is 27.4 Å². The molecule has 0 radical (unpaired) electrons. The maximum absolute atomic E-state index is 11.6. The van der Waals surface area contributed by atoms with E-state index in [1.54, 1.807) is 0 Å². The summed E-state index contributed by atoms with van der Waals surface area (Å²) in [7, 11) is 1.36. The number of Topliss-reactive ketones (excluding diaryl/α,β-unsaturated/α-hetero) is 1. The van der Waals surface area contributed by atoms with Crippen LogP contribution < -0.4 is 0 Å². The third-order valence-corrected chi connectivity index (χ3v) is 1.32. The first-order valence-electron chi connectivity index (χ1n) is 4.11. The monoisotopic (exact) mass is 214 g/mol. The van der Waals surface area contributed by atoms with E-state index in [0.29, 0.717) is 0 Å². The van der Waals surface area contributed by atoms with Gasteiger partial charge in [-0.25, -0.2) is 0 Å². The van der Waals surface area contributed by atoms with Crippen molar-refractivity contribution >= 4 is 5.78 Å². The molecular formula is C8H13F3O3.